The van der Waals surface area contributed by atoms with Gasteiger partial charge in [-0.05, 0) is 46.0 Å². The van der Waals surface area contributed by atoms with Gasteiger partial charge in [-0.1, -0.05) is 18.1 Å². The molecule has 0 aromatic carbocycles. The first kappa shape index (κ1) is 22.1. The summed E-state index contributed by atoms with van der Waals surface area (Å²) in [5, 5.41) is 1.91. The van der Waals surface area contributed by atoms with E-state index in [4.69, 9.17) is 4.98 Å². The number of rotatable bonds is 4. The predicted molar refractivity (Wildman–Crippen MR) is 132 cm³/mol. The molecule has 0 saturated carbocycles. The van der Waals surface area contributed by atoms with Crippen LogP contribution in [0.1, 0.15) is 50.5 Å². The van der Waals surface area contributed by atoms with Gasteiger partial charge in [-0.15, -0.1) is 5.92 Å². The summed E-state index contributed by atoms with van der Waals surface area (Å²) in [6.07, 6.45) is 9.46. The first-order valence-electron chi connectivity index (χ1n) is 11.9. The van der Waals surface area contributed by atoms with Crippen LogP contribution in [0, 0.1) is 18.8 Å². The van der Waals surface area contributed by atoms with Gasteiger partial charge in [-0.2, -0.15) is 4.98 Å². The Labute approximate surface area is 197 Å². The normalized spacial score (nSPS) is 15.3. The fraction of sp³-hybridized carbons (Fsp3) is 0.480. The Morgan fingerprint density at radius 2 is 1.76 bits per heavy atom. The molecule has 1 saturated heterocycles. The van der Waals surface area contributed by atoms with E-state index in [9.17, 15) is 9.59 Å². The first-order chi connectivity index (χ1) is 16.5. The van der Waals surface area contributed by atoms with Crippen molar-refractivity contribution in [3.05, 3.63) is 42.9 Å². The zero-order valence-electron chi connectivity index (χ0n) is 20.0. The van der Waals surface area contributed by atoms with Crippen LogP contribution in [0.5, 0.6) is 0 Å². The van der Waals surface area contributed by atoms with Gasteiger partial charge in [0.2, 0.25) is 5.95 Å². The summed E-state index contributed by atoms with van der Waals surface area (Å²) >= 11 is 0. The highest BCUT2D eigenvalue weighted by molar-refractivity contribution is 5.74. The van der Waals surface area contributed by atoms with Crippen molar-refractivity contribution >= 4 is 29.3 Å². The molecule has 1 aliphatic carbocycles. The molecule has 34 heavy (non-hydrogen) atoms. The number of imidazole rings is 1. The van der Waals surface area contributed by atoms with E-state index >= 15 is 0 Å². The maximum Gasteiger partial charge on any atom is 0.332 e. The summed E-state index contributed by atoms with van der Waals surface area (Å²) < 4.78 is 4.52. The van der Waals surface area contributed by atoms with Crippen LogP contribution < -0.4 is 26.7 Å². The highest BCUT2D eigenvalue weighted by atomic mass is 16.2. The number of aryl methyl sites for hydroxylation is 2. The number of nitrogens with zero attached hydrogens (tertiary/aromatic N) is 7. The summed E-state index contributed by atoms with van der Waals surface area (Å²) in [4.78, 5) is 43.2. The van der Waals surface area contributed by atoms with E-state index in [1.54, 1.807) is 14.0 Å². The second-order valence-corrected chi connectivity index (χ2v) is 8.89. The number of hydrogen-bond donors (Lipinski definition) is 0. The predicted octanol–water partition coefficient (Wildman–Crippen LogP) is 0.412. The van der Waals surface area contributed by atoms with E-state index in [2.05, 4.69) is 38.9 Å². The van der Waals surface area contributed by atoms with Gasteiger partial charge >= 0.3 is 5.69 Å². The molecule has 0 bridgehead atoms. The topological polar surface area (TPSA) is 90.8 Å². The quantitative estimate of drug-likeness (QED) is 0.525. The third kappa shape index (κ3) is 3.73. The lowest BCUT2D eigenvalue weighted by Gasteiger charge is -2.27. The van der Waals surface area contributed by atoms with Crippen molar-refractivity contribution in [1.82, 2.24) is 28.7 Å². The van der Waals surface area contributed by atoms with Crippen molar-refractivity contribution in [2.24, 2.45) is 7.05 Å². The molecule has 5 rings (SSSR count). The Morgan fingerprint density at radius 3 is 2.53 bits per heavy atom. The van der Waals surface area contributed by atoms with Gasteiger partial charge in [-0.25, -0.2) is 14.8 Å². The molecular formula is C25H29N7O2. The Balaban J connectivity index is 1.69. The van der Waals surface area contributed by atoms with E-state index in [0.717, 1.165) is 55.0 Å². The smallest absolute Gasteiger partial charge is 0.332 e. The average Bonchev–Trinajstić information content (AvgIpc) is 3.24. The van der Waals surface area contributed by atoms with Crippen LogP contribution in [0.3, 0.4) is 0 Å². The molecule has 1 fully saturated rings. The first-order valence-corrected chi connectivity index (χ1v) is 11.9. The van der Waals surface area contributed by atoms with E-state index in [-0.39, 0.29) is 12.1 Å². The number of hydrogen-bond acceptors (Lipinski definition) is 6. The lowest BCUT2D eigenvalue weighted by molar-refractivity contribution is 0.561. The van der Waals surface area contributed by atoms with Crippen LogP contribution in [0.15, 0.2) is 9.59 Å². The number of aromatic nitrogens is 6. The zero-order valence-corrected chi connectivity index (χ0v) is 20.0. The molecular weight excluding hydrogens is 430 g/mol. The van der Waals surface area contributed by atoms with E-state index in [1.165, 1.54) is 15.6 Å². The van der Waals surface area contributed by atoms with Crippen molar-refractivity contribution in [3.63, 3.8) is 0 Å². The van der Waals surface area contributed by atoms with Gasteiger partial charge in [-0.3, -0.25) is 18.5 Å². The van der Waals surface area contributed by atoms with Gasteiger partial charge < -0.3 is 4.90 Å². The van der Waals surface area contributed by atoms with Gasteiger partial charge in [0, 0.05) is 31.0 Å². The van der Waals surface area contributed by atoms with E-state index in [1.807, 2.05) is 11.5 Å². The molecule has 9 heteroatoms. The van der Waals surface area contributed by atoms with Crippen LogP contribution in [-0.4, -0.2) is 41.7 Å². The summed E-state index contributed by atoms with van der Waals surface area (Å²) in [7, 11) is 1.66. The average molecular weight is 460 g/mol. The second kappa shape index (κ2) is 8.93. The standard InChI is InChI=1S/C25H29N7O2/c1-4-5-15-31-21-22(28-24(31)30-13-9-6-10-14-30)29(3)25(34)32(23(21)33)16-20-26-17(2)18-11-7-8-12-19(18)27-20/h11-12H,6-10,13-16H2,1-3H3. The van der Waals surface area contributed by atoms with Gasteiger partial charge in [0.05, 0.1) is 18.4 Å². The van der Waals surface area contributed by atoms with Gasteiger partial charge in [0.15, 0.2) is 11.2 Å². The SMILES string of the molecule is CC#CCn1c(N2CCCCC2)nc2c1c(=O)n(Cc1nc(C)c3c(n1)=CCCC=3)c(=O)n2C. The maximum absolute atomic E-state index is 13.7. The lowest BCUT2D eigenvalue weighted by Crippen LogP contribution is -2.42. The third-order valence-corrected chi connectivity index (χ3v) is 6.63. The Morgan fingerprint density at radius 1 is 1.00 bits per heavy atom. The van der Waals surface area contributed by atoms with Crippen LogP contribution in [0.4, 0.5) is 5.95 Å². The number of anilines is 1. The van der Waals surface area contributed by atoms with E-state index < -0.39 is 5.69 Å². The number of fused-ring (bicyclic) bond motifs is 2. The Hall–Kier alpha value is -3.67. The summed E-state index contributed by atoms with van der Waals surface area (Å²) in [6.45, 7) is 5.81. The maximum atomic E-state index is 13.7. The summed E-state index contributed by atoms with van der Waals surface area (Å²) in [5.41, 5.74) is 0.817. The van der Waals surface area contributed by atoms with Crippen LogP contribution in [0.2, 0.25) is 0 Å². The fourth-order valence-corrected chi connectivity index (χ4v) is 4.87. The molecule has 9 nitrogen and oxygen atoms in total. The second-order valence-electron chi connectivity index (χ2n) is 8.89. The van der Waals surface area contributed by atoms with Gasteiger partial charge in [0.25, 0.3) is 5.56 Å². The largest absolute Gasteiger partial charge is 0.342 e. The molecule has 0 N–H and O–H groups in total. The van der Waals surface area contributed by atoms with Crippen molar-refractivity contribution in [1.29, 1.82) is 0 Å². The van der Waals surface area contributed by atoms with E-state index in [0.29, 0.717) is 29.5 Å². The van der Waals surface area contributed by atoms with Crippen molar-refractivity contribution < 1.29 is 0 Å². The fourth-order valence-electron chi connectivity index (χ4n) is 4.87. The monoisotopic (exact) mass is 459 g/mol. The minimum Gasteiger partial charge on any atom is -0.342 e. The molecule has 4 heterocycles. The molecule has 176 valence electrons. The third-order valence-electron chi connectivity index (χ3n) is 6.63. The van der Waals surface area contributed by atoms with Gasteiger partial charge in [0.1, 0.15) is 5.82 Å². The summed E-state index contributed by atoms with van der Waals surface area (Å²) in [5.74, 6) is 7.15. The molecule has 0 amide bonds. The molecule has 0 radical (unpaired) electrons. The Kier molecular flexibility index (Phi) is 5.82. The van der Waals surface area contributed by atoms with Crippen molar-refractivity contribution in [2.75, 3.05) is 18.0 Å². The molecule has 0 unspecified atom stereocenters. The lowest BCUT2D eigenvalue weighted by atomic mass is 10.1. The van der Waals surface area contributed by atoms with Crippen molar-refractivity contribution in [3.8, 4) is 11.8 Å². The highest BCUT2D eigenvalue weighted by Crippen LogP contribution is 2.23. The zero-order chi connectivity index (χ0) is 23.8. The van der Waals surface area contributed by atoms with Crippen LogP contribution in [-0.2, 0) is 20.1 Å². The highest BCUT2D eigenvalue weighted by Gasteiger charge is 2.24. The molecule has 3 aromatic heterocycles. The molecule has 2 aliphatic rings. The Bertz CT molecular complexity index is 1570. The van der Waals surface area contributed by atoms with Crippen LogP contribution >= 0.6 is 0 Å². The summed E-state index contributed by atoms with van der Waals surface area (Å²) in [6, 6.07) is 0. The van der Waals surface area contributed by atoms with Crippen molar-refractivity contribution in [2.45, 2.75) is 59.0 Å². The minimum absolute atomic E-state index is 0.00703. The minimum atomic E-state index is -0.427. The van der Waals surface area contributed by atoms with Crippen LogP contribution in [0.25, 0.3) is 23.3 Å². The number of piperidine rings is 1. The molecule has 3 aromatic rings. The molecule has 0 spiro atoms. The molecule has 0 atom stereocenters. The molecule has 1 aliphatic heterocycles.